The second-order valence-corrected chi connectivity index (χ2v) is 11.8. The number of carbonyl (C=O) groups excluding carboxylic acids is 4. The number of Topliss-reactive ketones (excluding diaryl/α,β-unsaturated/α-hetero) is 1. The number of para-hydroxylation sites is 1. The van der Waals surface area contributed by atoms with Gasteiger partial charge in [0, 0.05) is 31.8 Å². The molecule has 0 radical (unpaired) electrons. The van der Waals surface area contributed by atoms with Gasteiger partial charge in [0.2, 0.25) is 0 Å². The van der Waals surface area contributed by atoms with E-state index < -0.39 is 70.5 Å². The van der Waals surface area contributed by atoms with Gasteiger partial charge < -0.3 is 29.2 Å². The fourth-order valence-electron chi connectivity index (χ4n) is 6.95. The molecule has 218 valence electrons. The van der Waals surface area contributed by atoms with E-state index in [1.54, 1.807) is 37.3 Å². The van der Waals surface area contributed by atoms with Crippen molar-refractivity contribution in [1.29, 1.82) is 0 Å². The van der Waals surface area contributed by atoms with Crippen LogP contribution in [-0.4, -0.2) is 70.0 Å². The van der Waals surface area contributed by atoms with E-state index in [2.05, 4.69) is 0 Å². The first-order valence-electron chi connectivity index (χ1n) is 13.5. The van der Waals surface area contributed by atoms with E-state index in [9.17, 15) is 29.4 Å². The molecule has 1 aliphatic heterocycles. The van der Waals surface area contributed by atoms with Crippen molar-refractivity contribution in [2.45, 2.75) is 90.3 Å². The van der Waals surface area contributed by atoms with Gasteiger partial charge in [-0.05, 0) is 52.7 Å². The molecule has 1 aromatic carbocycles. The quantitative estimate of drug-likeness (QED) is 0.314. The summed E-state index contributed by atoms with van der Waals surface area (Å²) in [5, 5.41) is 22.8. The molecular weight excluding hydrogens is 520 g/mol. The molecule has 10 heteroatoms. The van der Waals surface area contributed by atoms with Crippen molar-refractivity contribution in [3.05, 3.63) is 41.5 Å². The Bertz CT molecular complexity index is 1210. The van der Waals surface area contributed by atoms with Crippen LogP contribution in [0.1, 0.15) is 60.8 Å². The van der Waals surface area contributed by atoms with Crippen molar-refractivity contribution in [3.63, 3.8) is 0 Å². The molecule has 0 aromatic heterocycles. The van der Waals surface area contributed by atoms with Crippen molar-refractivity contribution in [3.8, 4) is 5.75 Å². The molecule has 3 aliphatic rings. The van der Waals surface area contributed by atoms with Crippen molar-refractivity contribution in [1.82, 2.24) is 0 Å². The minimum absolute atomic E-state index is 0.0557. The highest BCUT2D eigenvalue weighted by atomic mass is 16.6. The number of rotatable bonds is 5. The van der Waals surface area contributed by atoms with Crippen LogP contribution in [0.3, 0.4) is 0 Å². The Morgan fingerprint density at radius 3 is 2.27 bits per heavy atom. The van der Waals surface area contributed by atoms with Crippen LogP contribution in [0.25, 0.3) is 0 Å². The predicted molar refractivity (Wildman–Crippen MR) is 141 cm³/mol. The Hall–Kier alpha value is -3.08. The molecule has 1 saturated carbocycles. The number of hydrogen-bond donors (Lipinski definition) is 2. The summed E-state index contributed by atoms with van der Waals surface area (Å²) in [6, 6.07) is 8.45. The zero-order chi connectivity index (χ0) is 29.6. The van der Waals surface area contributed by atoms with Crippen LogP contribution in [0.5, 0.6) is 5.75 Å². The van der Waals surface area contributed by atoms with Crippen molar-refractivity contribution >= 4 is 23.7 Å². The molecule has 0 amide bonds. The average Bonchev–Trinajstić information content (AvgIpc) is 2.87. The molecule has 1 unspecified atom stereocenters. The van der Waals surface area contributed by atoms with Crippen LogP contribution in [-0.2, 0) is 33.4 Å². The van der Waals surface area contributed by atoms with Crippen LogP contribution in [0.4, 0.5) is 0 Å². The molecule has 10 nitrogen and oxygen atoms in total. The van der Waals surface area contributed by atoms with Crippen LogP contribution in [0.2, 0.25) is 0 Å². The monoisotopic (exact) mass is 558 g/mol. The highest BCUT2D eigenvalue weighted by Crippen LogP contribution is 2.59. The number of aliphatic hydroxyl groups is 2. The third kappa shape index (κ3) is 5.08. The predicted octanol–water partition coefficient (Wildman–Crippen LogP) is 2.68. The van der Waals surface area contributed by atoms with E-state index in [-0.39, 0.29) is 31.4 Å². The second-order valence-electron chi connectivity index (χ2n) is 11.8. The minimum Gasteiger partial charge on any atom is -0.454 e. The van der Waals surface area contributed by atoms with E-state index >= 15 is 0 Å². The van der Waals surface area contributed by atoms with E-state index in [4.69, 9.17) is 18.9 Å². The third-order valence-corrected chi connectivity index (χ3v) is 8.62. The summed E-state index contributed by atoms with van der Waals surface area (Å²) in [4.78, 5) is 53.3. The van der Waals surface area contributed by atoms with E-state index in [1.807, 2.05) is 0 Å². The van der Waals surface area contributed by atoms with Gasteiger partial charge in [0.05, 0.1) is 29.6 Å². The maximum Gasteiger partial charge on any atom is 0.314 e. The normalized spacial score (nSPS) is 36.0. The van der Waals surface area contributed by atoms with Crippen LogP contribution >= 0.6 is 0 Å². The lowest BCUT2D eigenvalue weighted by molar-refractivity contribution is -0.325. The van der Waals surface area contributed by atoms with Gasteiger partial charge in [0.25, 0.3) is 0 Å². The highest BCUT2D eigenvalue weighted by molar-refractivity contribution is 5.95. The molecule has 0 bridgehead atoms. The molecule has 2 N–H and O–H groups in total. The zero-order valence-electron chi connectivity index (χ0n) is 23.8. The van der Waals surface area contributed by atoms with Gasteiger partial charge in [0.15, 0.2) is 17.5 Å². The summed E-state index contributed by atoms with van der Waals surface area (Å²) in [6.45, 7) is 8.50. The molecule has 4 rings (SSSR count). The van der Waals surface area contributed by atoms with Gasteiger partial charge in [-0.1, -0.05) is 23.8 Å². The molecule has 2 fully saturated rings. The van der Waals surface area contributed by atoms with E-state index in [1.165, 1.54) is 27.7 Å². The molecule has 0 spiro atoms. The number of ether oxygens (including phenoxy) is 4. The van der Waals surface area contributed by atoms with Gasteiger partial charge in [-0.3, -0.25) is 19.2 Å². The summed E-state index contributed by atoms with van der Waals surface area (Å²) in [5.74, 6) is -4.58. The fourth-order valence-corrected chi connectivity index (χ4v) is 6.95. The highest BCUT2D eigenvalue weighted by Gasteiger charge is 2.73. The topological polar surface area (TPSA) is 146 Å². The first kappa shape index (κ1) is 29.9. The SMILES string of the molecule is CC(=O)O[C@H]1C(=O)[C@@]2(C)C([C@H](C(=O)Oc3ccccc3)CC/C(C)=C/1C(C)(C)O)[C@]1(OC(C)=O)CO[C@@H]1C[C@@H]2O. The number of hydrogen-bond acceptors (Lipinski definition) is 10. The Balaban J connectivity index is 1.96. The maximum absolute atomic E-state index is 14.7. The number of benzene rings is 1. The van der Waals surface area contributed by atoms with Crippen LogP contribution < -0.4 is 4.74 Å². The smallest absolute Gasteiger partial charge is 0.314 e. The molecule has 1 aromatic rings. The minimum atomic E-state index is -1.77. The fraction of sp³-hybridized carbons (Fsp3) is 0.600. The molecular formula is C30H38O10. The Labute approximate surface area is 233 Å². The lowest BCUT2D eigenvalue weighted by Crippen LogP contribution is -2.77. The van der Waals surface area contributed by atoms with Gasteiger partial charge in [0.1, 0.15) is 11.9 Å². The Morgan fingerprint density at radius 2 is 1.75 bits per heavy atom. The molecule has 2 aliphatic carbocycles. The molecule has 7 atom stereocenters. The Kier molecular flexibility index (Phi) is 8.01. The van der Waals surface area contributed by atoms with E-state index in [0.29, 0.717) is 11.3 Å². The first-order chi connectivity index (χ1) is 18.6. The van der Waals surface area contributed by atoms with Gasteiger partial charge in [-0.15, -0.1) is 0 Å². The maximum atomic E-state index is 14.7. The molecule has 1 saturated heterocycles. The Morgan fingerprint density at radius 1 is 1.10 bits per heavy atom. The summed E-state index contributed by atoms with van der Waals surface area (Å²) in [6.07, 6.45) is -3.36. The van der Waals surface area contributed by atoms with Gasteiger partial charge in [-0.25, -0.2) is 0 Å². The first-order valence-corrected chi connectivity index (χ1v) is 13.5. The summed E-state index contributed by atoms with van der Waals surface area (Å²) >= 11 is 0. The summed E-state index contributed by atoms with van der Waals surface area (Å²) in [7, 11) is 0. The zero-order valence-corrected chi connectivity index (χ0v) is 23.8. The second kappa shape index (κ2) is 10.7. The lowest BCUT2D eigenvalue weighted by atomic mass is 9.50. The van der Waals surface area contributed by atoms with Crippen molar-refractivity contribution in [2.75, 3.05) is 6.61 Å². The van der Waals surface area contributed by atoms with Gasteiger partial charge in [-0.2, -0.15) is 0 Å². The molecule has 40 heavy (non-hydrogen) atoms. The largest absolute Gasteiger partial charge is 0.454 e. The van der Waals surface area contributed by atoms with Crippen molar-refractivity contribution in [2.24, 2.45) is 17.3 Å². The summed E-state index contributed by atoms with van der Waals surface area (Å²) in [5.41, 5.74) is -4.01. The number of esters is 3. The lowest BCUT2D eigenvalue weighted by Gasteiger charge is -2.63. The van der Waals surface area contributed by atoms with E-state index in [0.717, 1.165) is 6.92 Å². The number of fused-ring (bicyclic) bond motifs is 3. The number of allylic oxidation sites excluding steroid dienone is 1. The molecule has 1 heterocycles. The standard InChI is InChI=1S/C30H38O10/c1-16-12-13-20(27(35)39-19-10-8-7-9-11-19)25-29(6,21(33)14-22-30(25,15-37-22)40-18(3)32)26(34)24(38-17(2)31)23(16)28(4,5)36/h7-11,20-22,24-25,33,36H,12-15H2,1-6H3/b23-16-/t20-,21+,22-,24-,25?,29-,30+/m1/s1. The van der Waals surface area contributed by atoms with Crippen LogP contribution in [0, 0.1) is 17.3 Å². The number of ketones is 1. The third-order valence-electron chi connectivity index (χ3n) is 8.62. The van der Waals surface area contributed by atoms with Crippen LogP contribution in [0.15, 0.2) is 41.5 Å². The van der Waals surface area contributed by atoms with Crippen molar-refractivity contribution < 1.29 is 48.3 Å². The van der Waals surface area contributed by atoms with Gasteiger partial charge >= 0.3 is 17.9 Å². The summed E-state index contributed by atoms with van der Waals surface area (Å²) < 4.78 is 23.0. The average molecular weight is 559 g/mol. The number of aliphatic hydroxyl groups excluding tert-OH is 1. The number of carbonyl (C=O) groups is 4.